The Labute approximate surface area is 154 Å². The van der Waals surface area contributed by atoms with Crippen LogP contribution in [0.2, 0.25) is 0 Å². The molecular formula is C16H10F4N4O2S. The van der Waals surface area contributed by atoms with Crippen LogP contribution in [-0.4, -0.2) is 21.6 Å². The van der Waals surface area contributed by atoms with Crippen LogP contribution in [-0.2, 0) is 0 Å². The molecule has 0 atom stereocenters. The molecule has 6 nitrogen and oxygen atoms in total. The van der Waals surface area contributed by atoms with Crippen molar-refractivity contribution >= 4 is 39.6 Å². The molecule has 0 aliphatic heterocycles. The van der Waals surface area contributed by atoms with Gasteiger partial charge in [-0.3, -0.25) is 0 Å². The van der Waals surface area contributed by atoms with Crippen LogP contribution >= 0.6 is 12.2 Å². The van der Waals surface area contributed by atoms with Gasteiger partial charge in [-0.2, -0.15) is 0 Å². The van der Waals surface area contributed by atoms with Gasteiger partial charge in [-0.25, -0.2) is 4.39 Å². The van der Waals surface area contributed by atoms with E-state index in [1.54, 1.807) is 6.07 Å². The number of para-hydroxylation sites is 1. The van der Waals surface area contributed by atoms with Crippen molar-refractivity contribution in [2.24, 2.45) is 10.2 Å². The standard InChI is InChI=1S/C16H10F4N4O2S/c17-10-3-1-2-4-12(10)22-15(27)24-23-13-9-7-8(26-16(18,19)20)5-6-11(9)21-14(13)25/h1-7,21,25H,(H,22,27). The molecule has 1 heterocycles. The lowest BCUT2D eigenvalue weighted by Gasteiger charge is -2.08. The Morgan fingerprint density at radius 1 is 1.19 bits per heavy atom. The number of ether oxygens (including phenoxy) is 1. The molecule has 0 saturated carbocycles. The van der Waals surface area contributed by atoms with Crippen molar-refractivity contribution in [1.82, 2.24) is 4.98 Å². The lowest BCUT2D eigenvalue weighted by atomic mass is 10.2. The van der Waals surface area contributed by atoms with E-state index in [1.807, 2.05) is 0 Å². The molecule has 0 saturated heterocycles. The number of hydrogen-bond donors (Lipinski definition) is 3. The fraction of sp³-hybridized carbons (Fsp3) is 0.0625. The molecule has 27 heavy (non-hydrogen) atoms. The van der Waals surface area contributed by atoms with Gasteiger partial charge in [0.05, 0.1) is 11.2 Å². The number of halogens is 4. The van der Waals surface area contributed by atoms with Crippen LogP contribution in [0.25, 0.3) is 10.9 Å². The summed E-state index contributed by atoms with van der Waals surface area (Å²) >= 11 is 4.93. The van der Waals surface area contributed by atoms with Crippen molar-refractivity contribution in [3.63, 3.8) is 0 Å². The Balaban J connectivity index is 1.86. The Morgan fingerprint density at radius 2 is 1.93 bits per heavy atom. The van der Waals surface area contributed by atoms with Crippen LogP contribution in [0.3, 0.4) is 0 Å². The van der Waals surface area contributed by atoms with Crippen LogP contribution < -0.4 is 10.1 Å². The Hall–Kier alpha value is -3.21. The number of rotatable bonds is 3. The highest BCUT2D eigenvalue weighted by Crippen LogP contribution is 2.38. The molecular weight excluding hydrogens is 388 g/mol. The van der Waals surface area contributed by atoms with E-state index >= 15 is 0 Å². The number of benzene rings is 2. The largest absolute Gasteiger partial charge is 0.573 e. The summed E-state index contributed by atoms with van der Waals surface area (Å²) in [4.78, 5) is 2.54. The lowest BCUT2D eigenvalue weighted by molar-refractivity contribution is -0.274. The maximum Gasteiger partial charge on any atom is 0.573 e. The second-order valence-corrected chi connectivity index (χ2v) is 5.57. The SMILES string of the molecule is Oc1[nH]c2ccc(OC(F)(F)F)cc2c1N=NC(=S)Nc1ccccc1F. The van der Waals surface area contributed by atoms with Crippen molar-refractivity contribution in [2.45, 2.75) is 6.36 Å². The minimum absolute atomic E-state index is 0.0745. The zero-order valence-corrected chi connectivity index (χ0v) is 14.0. The molecule has 11 heteroatoms. The van der Waals surface area contributed by atoms with E-state index in [2.05, 4.69) is 25.3 Å². The smallest absolute Gasteiger partial charge is 0.493 e. The number of hydrogen-bond acceptors (Lipinski definition) is 4. The number of azo groups is 1. The first kappa shape index (κ1) is 18.6. The average Bonchev–Trinajstić information content (AvgIpc) is 2.88. The normalized spacial score (nSPS) is 11.9. The van der Waals surface area contributed by atoms with Crippen LogP contribution in [0.5, 0.6) is 11.6 Å². The molecule has 1 aromatic heterocycles. The molecule has 0 aliphatic carbocycles. The number of aromatic amines is 1. The quantitative estimate of drug-likeness (QED) is 0.314. The number of aromatic hydroxyl groups is 1. The van der Waals surface area contributed by atoms with E-state index in [-0.39, 0.29) is 21.9 Å². The van der Waals surface area contributed by atoms with Crippen molar-refractivity contribution in [2.75, 3.05) is 5.32 Å². The van der Waals surface area contributed by atoms with Crippen molar-refractivity contribution in [1.29, 1.82) is 0 Å². The van der Waals surface area contributed by atoms with Crippen molar-refractivity contribution in [3.05, 3.63) is 48.3 Å². The minimum Gasteiger partial charge on any atom is -0.493 e. The number of alkyl halides is 3. The predicted molar refractivity (Wildman–Crippen MR) is 93.8 cm³/mol. The van der Waals surface area contributed by atoms with Gasteiger partial charge in [-0.1, -0.05) is 12.1 Å². The van der Waals surface area contributed by atoms with Gasteiger partial charge in [-0.15, -0.1) is 23.4 Å². The second-order valence-electron chi connectivity index (χ2n) is 5.19. The molecule has 0 aliphatic rings. The van der Waals surface area contributed by atoms with Gasteiger partial charge in [0, 0.05) is 5.39 Å². The number of thiocarbonyl (C=S) groups is 1. The summed E-state index contributed by atoms with van der Waals surface area (Å²) in [5.41, 5.74) is 0.240. The molecule has 3 rings (SSSR count). The highest BCUT2D eigenvalue weighted by atomic mass is 32.1. The maximum atomic E-state index is 13.6. The molecule has 0 unspecified atom stereocenters. The maximum absolute atomic E-state index is 13.6. The molecule has 0 fully saturated rings. The van der Waals surface area contributed by atoms with Crippen molar-refractivity contribution < 1.29 is 27.4 Å². The second kappa shape index (κ2) is 7.19. The summed E-state index contributed by atoms with van der Waals surface area (Å²) in [5.74, 6) is -1.47. The Morgan fingerprint density at radius 3 is 2.63 bits per heavy atom. The molecule has 2 aromatic carbocycles. The first-order valence-corrected chi connectivity index (χ1v) is 7.71. The number of aromatic nitrogens is 1. The fourth-order valence-corrected chi connectivity index (χ4v) is 2.39. The zero-order chi connectivity index (χ0) is 19.6. The summed E-state index contributed by atoms with van der Waals surface area (Å²) in [7, 11) is 0. The molecule has 0 radical (unpaired) electrons. The monoisotopic (exact) mass is 398 g/mol. The van der Waals surface area contributed by atoms with Gasteiger partial charge >= 0.3 is 6.36 Å². The van der Waals surface area contributed by atoms with E-state index in [9.17, 15) is 22.7 Å². The van der Waals surface area contributed by atoms with Crippen LogP contribution in [0.4, 0.5) is 28.9 Å². The van der Waals surface area contributed by atoms with Gasteiger partial charge in [0.25, 0.3) is 0 Å². The highest BCUT2D eigenvalue weighted by Gasteiger charge is 2.31. The molecule has 140 valence electrons. The molecule has 0 amide bonds. The lowest BCUT2D eigenvalue weighted by Crippen LogP contribution is -2.16. The fourth-order valence-electron chi connectivity index (χ4n) is 2.24. The highest BCUT2D eigenvalue weighted by molar-refractivity contribution is 7.80. The molecule has 0 bridgehead atoms. The summed E-state index contributed by atoms with van der Waals surface area (Å²) < 4.78 is 54.5. The van der Waals surface area contributed by atoms with E-state index in [0.717, 1.165) is 12.1 Å². The minimum atomic E-state index is -4.86. The number of H-pyrrole nitrogens is 1. The summed E-state index contributed by atoms with van der Waals surface area (Å²) in [6.07, 6.45) is -4.86. The van der Waals surface area contributed by atoms with E-state index in [4.69, 9.17) is 12.2 Å². The third-order valence-electron chi connectivity index (χ3n) is 3.31. The molecule has 0 spiro atoms. The van der Waals surface area contributed by atoms with Gasteiger partial charge in [0.1, 0.15) is 11.6 Å². The molecule has 3 aromatic rings. The average molecular weight is 398 g/mol. The first-order chi connectivity index (χ1) is 12.7. The van der Waals surface area contributed by atoms with Crippen LogP contribution in [0, 0.1) is 5.82 Å². The Bertz CT molecular complexity index is 1030. The number of fused-ring (bicyclic) bond motifs is 1. The number of anilines is 1. The number of nitrogens with one attached hydrogen (secondary N) is 2. The van der Waals surface area contributed by atoms with E-state index in [1.165, 1.54) is 24.3 Å². The zero-order valence-electron chi connectivity index (χ0n) is 13.2. The van der Waals surface area contributed by atoms with E-state index < -0.39 is 23.8 Å². The summed E-state index contributed by atoms with van der Waals surface area (Å²) in [5, 5.41) is 19.7. The third kappa shape index (κ3) is 4.50. The van der Waals surface area contributed by atoms with Crippen LogP contribution in [0.15, 0.2) is 52.7 Å². The van der Waals surface area contributed by atoms with Crippen molar-refractivity contribution in [3.8, 4) is 11.6 Å². The Kier molecular flexibility index (Phi) is 4.95. The first-order valence-electron chi connectivity index (χ1n) is 7.30. The van der Waals surface area contributed by atoms with Gasteiger partial charge in [0.15, 0.2) is 5.69 Å². The van der Waals surface area contributed by atoms with Crippen LogP contribution in [0.1, 0.15) is 0 Å². The summed E-state index contributed by atoms with van der Waals surface area (Å²) in [6.45, 7) is 0. The predicted octanol–water partition coefficient (Wildman–Crippen LogP) is 5.39. The van der Waals surface area contributed by atoms with Gasteiger partial charge in [-0.05, 0) is 42.5 Å². The third-order valence-corrected chi connectivity index (χ3v) is 3.50. The molecule has 3 N–H and O–H groups in total. The number of nitrogens with zero attached hydrogens (tertiary/aromatic N) is 2. The van der Waals surface area contributed by atoms with E-state index in [0.29, 0.717) is 5.52 Å². The van der Waals surface area contributed by atoms with Gasteiger partial charge in [0.2, 0.25) is 11.0 Å². The summed E-state index contributed by atoms with van der Waals surface area (Å²) in [6, 6.07) is 9.13. The topological polar surface area (TPSA) is 82.0 Å². The van der Waals surface area contributed by atoms with Gasteiger partial charge < -0.3 is 20.1 Å².